The monoisotopic (exact) mass is 393 g/mol. The summed E-state index contributed by atoms with van der Waals surface area (Å²) < 4.78 is 0. The minimum atomic E-state index is -0.362. The first-order chi connectivity index (χ1) is 12.4. The smallest absolute Gasteiger partial charge is 0.244 e. The van der Waals surface area contributed by atoms with Gasteiger partial charge >= 0.3 is 0 Å². The molecule has 2 aromatic rings. The average Bonchev–Trinajstić information content (AvgIpc) is 2.63. The van der Waals surface area contributed by atoms with E-state index in [9.17, 15) is 9.59 Å². The van der Waals surface area contributed by atoms with Gasteiger partial charge in [0, 0.05) is 19.3 Å². The normalized spacial score (nSPS) is 10.3. The molecule has 2 amide bonds. The number of hydrogen-bond acceptors (Lipinski definition) is 3. The Bertz CT molecular complexity index is 748. The Morgan fingerprint density at radius 2 is 1.58 bits per heavy atom. The van der Waals surface area contributed by atoms with Crippen molar-refractivity contribution < 1.29 is 9.59 Å². The minimum Gasteiger partial charge on any atom is -0.362 e. The van der Waals surface area contributed by atoms with Crippen molar-refractivity contribution in [1.29, 1.82) is 0 Å². The molecule has 0 aliphatic carbocycles. The Labute approximate surface area is 163 Å². The molecule has 0 atom stereocenters. The first kappa shape index (κ1) is 20.1. The molecular formula is C19H21Cl2N3O2. The fourth-order valence-electron chi connectivity index (χ4n) is 2.41. The summed E-state index contributed by atoms with van der Waals surface area (Å²) in [5.41, 5.74) is 1.31. The van der Waals surface area contributed by atoms with Gasteiger partial charge in [0.25, 0.3) is 0 Å². The van der Waals surface area contributed by atoms with Gasteiger partial charge in [-0.15, -0.1) is 0 Å². The Kier molecular flexibility index (Phi) is 7.30. The second-order valence-electron chi connectivity index (χ2n) is 5.74. The zero-order valence-electron chi connectivity index (χ0n) is 14.7. The topological polar surface area (TPSA) is 52.7 Å². The second kappa shape index (κ2) is 9.46. The number of nitrogens with one attached hydrogen (secondary N) is 1. The van der Waals surface area contributed by atoms with Gasteiger partial charge in [0.15, 0.2) is 0 Å². The number of anilines is 2. The van der Waals surface area contributed by atoms with Gasteiger partial charge in [0.2, 0.25) is 11.8 Å². The lowest BCUT2D eigenvalue weighted by molar-refractivity contribution is -0.132. The lowest BCUT2D eigenvalue weighted by Crippen LogP contribution is -2.41. The number of nitrogens with zero attached hydrogens (tertiary/aromatic N) is 2. The zero-order chi connectivity index (χ0) is 19.1. The van der Waals surface area contributed by atoms with Crippen LogP contribution in [0, 0.1) is 0 Å². The van der Waals surface area contributed by atoms with Gasteiger partial charge in [0.1, 0.15) is 0 Å². The van der Waals surface area contributed by atoms with Gasteiger partial charge in [-0.1, -0.05) is 47.5 Å². The molecule has 0 saturated heterocycles. The summed E-state index contributed by atoms with van der Waals surface area (Å²) in [5.74, 6) is -0.519. The lowest BCUT2D eigenvalue weighted by atomic mass is 10.3. The molecular weight excluding hydrogens is 373 g/mol. The summed E-state index contributed by atoms with van der Waals surface area (Å²) in [6, 6.07) is 14.6. The van der Waals surface area contributed by atoms with Crippen LogP contribution in [0.3, 0.4) is 0 Å². The van der Waals surface area contributed by atoms with E-state index in [1.165, 1.54) is 4.90 Å². The molecule has 0 radical (unpaired) electrons. The van der Waals surface area contributed by atoms with Crippen LogP contribution < -0.4 is 10.2 Å². The number of amides is 2. The van der Waals surface area contributed by atoms with Crippen LogP contribution in [0.15, 0.2) is 48.5 Å². The zero-order valence-corrected chi connectivity index (χ0v) is 16.2. The van der Waals surface area contributed by atoms with E-state index >= 15 is 0 Å². The maximum Gasteiger partial charge on any atom is 0.244 e. The van der Waals surface area contributed by atoms with E-state index in [1.54, 1.807) is 25.2 Å². The summed E-state index contributed by atoms with van der Waals surface area (Å²) in [6.45, 7) is 2.77. The number of halogens is 2. The molecule has 0 bridgehead atoms. The third-order valence-corrected chi connectivity index (χ3v) is 4.49. The molecule has 26 heavy (non-hydrogen) atoms. The maximum atomic E-state index is 12.5. The van der Waals surface area contributed by atoms with Crippen LogP contribution in [0.4, 0.5) is 11.4 Å². The number of hydrogen-bond donors (Lipinski definition) is 1. The maximum absolute atomic E-state index is 12.5. The van der Waals surface area contributed by atoms with Crippen molar-refractivity contribution in [3.05, 3.63) is 58.6 Å². The van der Waals surface area contributed by atoms with Crippen LogP contribution in [-0.4, -0.2) is 43.4 Å². The molecule has 2 rings (SSSR count). The van der Waals surface area contributed by atoms with E-state index in [4.69, 9.17) is 23.2 Å². The van der Waals surface area contributed by atoms with Crippen LogP contribution in [0.1, 0.15) is 6.92 Å². The molecule has 0 unspecified atom stereocenters. The van der Waals surface area contributed by atoms with Crippen LogP contribution in [0.25, 0.3) is 0 Å². The Morgan fingerprint density at radius 1 is 0.962 bits per heavy atom. The van der Waals surface area contributed by atoms with Crippen molar-refractivity contribution in [3.8, 4) is 0 Å². The standard InChI is InChI=1S/C19H21Cl2N3O2/c1-3-24(14-8-5-4-6-9-14)13-18(26)23(2)12-17(25)22-19-15(20)10-7-11-16(19)21/h4-11H,3,12-13H2,1-2H3,(H,22,25). The van der Waals surface area contributed by atoms with Crippen LogP contribution >= 0.6 is 23.2 Å². The van der Waals surface area contributed by atoms with Gasteiger partial charge in [0.05, 0.1) is 28.8 Å². The van der Waals surface area contributed by atoms with Gasteiger partial charge in [-0.05, 0) is 31.2 Å². The SMILES string of the molecule is CCN(CC(=O)N(C)CC(=O)Nc1c(Cl)cccc1Cl)c1ccccc1. The van der Waals surface area contributed by atoms with Crippen molar-refractivity contribution in [2.45, 2.75) is 6.92 Å². The van der Waals surface area contributed by atoms with E-state index in [0.29, 0.717) is 22.3 Å². The molecule has 0 spiro atoms. The third kappa shape index (κ3) is 5.38. The summed E-state index contributed by atoms with van der Waals surface area (Å²) in [6.07, 6.45) is 0. The molecule has 7 heteroatoms. The molecule has 0 aliphatic heterocycles. The lowest BCUT2D eigenvalue weighted by Gasteiger charge is -2.25. The van der Waals surface area contributed by atoms with Crippen molar-refractivity contribution in [1.82, 2.24) is 4.90 Å². The molecule has 0 aliphatic rings. The fourth-order valence-corrected chi connectivity index (χ4v) is 2.90. The Morgan fingerprint density at radius 3 is 2.15 bits per heavy atom. The van der Waals surface area contributed by atoms with Crippen molar-refractivity contribution in [2.75, 3.05) is 36.9 Å². The third-order valence-electron chi connectivity index (χ3n) is 3.86. The predicted octanol–water partition coefficient (Wildman–Crippen LogP) is 3.92. The van der Waals surface area contributed by atoms with E-state index < -0.39 is 0 Å². The van der Waals surface area contributed by atoms with Gasteiger partial charge in [-0.25, -0.2) is 0 Å². The predicted molar refractivity (Wildman–Crippen MR) is 107 cm³/mol. The number of benzene rings is 2. The van der Waals surface area contributed by atoms with Gasteiger partial charge in [-0.3, -0.25) is 9.59 Å². The highest BCUT2D eigenvalue weighted by Gasteiger charge is 2.17. The largest absolute Gasteiger partial charge is 0.362 e. The number of carbonyl (C=O) groups excluding carboxylic acids is 2. The van der Waals surface area contributed by atoms with E-state index in [-0.39, 0.29) is 24.9 Å². The van der Waals surface area contributed by atoms with Crippen molar-refractivity contribution >= 4 is 46.4 Å². The highest BCUT2D eigenvalue weighted by Crippen LogP contribution is 2.29. The van der Waals surface area contributed by atoms with Crippen LogP contribution in [0.2, 0.25) is 10.0 Å². The van der Waals surface area contributed by atoms with Crippen LogP contribution in [-0.2, 0) is 9.59 Å². The number of rotatable bonds is 7. The van der Waals surface area contributed by atoms with Gasteiger partial charge in [-0.2, -0.15) is 0 Å². The number of para-hydroxylation sites is 2. The first-order valence-electron chi connectivity index (χ1n) is 8.20. The van der Waals surface area contributed by atoms with Gasteiger partial charge < -0.3 is 15.1 Å². The van der Waals surface area contributed by atoms with Crippen molar-refractivity contribution in [2.24, 2.45) is 0 Å². The number of carbonyl (C=O) groups is 2. The van der Waals surface area contributed by atoms with E-state index in [2.05, 4.69) is 5.32 Å². The highest BCUT2D eigenvalue weighted by molar-refractivity contribution is 6.39. The summed E-state index contributed by atoms with van der Waals surface area (Å²) >= 11 is 12.1. The Balaban J connectivity index is 1.94. The van der Waals surface area contributed by atoms with E-state index in [1.807, 2.05) is 42.2 Å². The summed E-state index contributed by atoms with van der Waals surface area (Å²) in [5, 5.41) is 3.35. The Hall–Kier alpha value is -2.24. The molecule has 5 nitrogen and oxygen atoms in total. The first-order valence-corrected chi connectivity index (χ1v) is 8.95. The van der Waals surface area contributed by atoms with Crippen LogP contribution in [0.5, 0.6) is 0 Å². The van der Waals surface area contributed by atoms with E-state index in [0.717, 1.165) is 5.69 Å². The fraction of sp³-hybridized carbons (Fsp3) is 0.263. The molecule has 0 saturated carbocycles. The quantitative estimate of drug-likeness (QED) is 0.775. The number of likely N-dealkylation sites (N-methyl/N-ethyl adjacent to an activating group) is 2. The summed E-state index contributed by atoms with van der Waals surface area (Å²) in [7, 11) is 1.59. The van der Waals surface area contributed by atoms with Crippen molar-refractivity contribution in [3.63, 3.8) is 0 Å². The second-order valence-corrected chi connectivity index (χ2v) is 6.56. The highest BCUT2D eigenvalue weighted by atomic mass is 35.5. The summed E-state index contributed by atoms with van der Waals surface area (Å²) in [4.78, 5) is 28.0. The molecule has 138 valence electrons. The molecule has 0 aromatic heterocycles. The molecule has 2 aromatic carbocycles. The average molecular weight is 394 g/mol. The minimum absolute atomic E-state index is 0.0905. The molecule has 1 N–H and O–H groups in total. The molecule has 0 fully saturated rings. The molecule has 0 heterocycles.